The van der Waals surface area contributed by atoms with Crippen molar-refractivity contribution < 1.29 is 9.53 Å². The summed E-state index contributed by atoms with van der Waals surface area (Å²) in [5.41, 5.74) is 2.21. The lowest BCUT2D eigenvalue weighted by molar-refractivity contribution is -0.124. The van der Waals surface area contributed by atoms with Crippen LogP contribution in [0.1, 0.15) is 43.7 Å². The van der Waals surface area contributed by atoms with Gasteiger partial charge in [-0.3, -0.25) is 4.79 Å². The van der Waals surface area contributed by atoms with Crippen molar-refractivity contribution >= 4 is 5.91 Å². The van der Waals surface area contributed by atoms with Crippen LogP contribution in [0.15, 0.2) is 18.2 Å². The molecular formula is C17H25NO2. The van der Waals surface area contributed by atoms with Crippen molar-refractivity contribution in [3.8, 4) is 5.75 Å². The van der Waals surface area contributed by atoms with Gasteiger partial charge in [0.2, 0.25) is 0 Å². The van der Waals surface area contributed by atoms with Gasteiger partial charge < -0.3 is 10.1 Å². The summed E-state index contributed by atoms with van der Waals surface area (Å²) in [6.07, 6.45) is 4.61. The first-order chi connectivity index (χ1) is 9.54. The number of nitrogens with one attached hydrogen (secondary N) is 1. The van der Waals surface area contributed by atoms with E-state index >= 15 is 0 Å². The number of amides is 1. The number of hydrogen-bond donors (Lipinski definition) is 1. The third-order valence-electron chi connectivity index (χ3n) is 4.08. The minimum Gasteiger partial charge on any atom is -0.483 e. The lowest BCUT2D eigenvalue weighted by Gasteiger charge is -2.26. The molecule has 3 nitrogen and oxygen atoms in total. The van der Waals surface area contributed by atoms with Gasteiger partial charge >= 0.3 is 0 Å². The Bertz CT molecular complexity index is 462. The van der Waals surface area contributed by atoms with Gasteiger partial charge in [0.25, 0.3) is 5.91 Å². The summed E-state index contributed by atoms with van der Waals surface area (Å²) in [6.45, 7) is 6.41. The maximum Gasteiger partial charge on any atom is 0.258 e. The van der Waals surface area contributed by atoms with Crippen LogP contribution < -0.4 is 10.1 Å². The highest BCUT2D eigenvalue weighted by Crippen LogP contribution is 2.23. The van der Waals surface area contributed by atoms with Crippen molar-refractivity contribution in [1.82, 2.24) is 5.32 Å². The lowest BCUT2D eigenvalue weighted by atomic mass is 9.87. The topological polar surface area (TPSA) is 38.3 Å². The van der Waals surface area contributed by atoms with Gasteiger partial charge in [-0.2, -0.15) is 0 Å². The monoisotopic (exact) mass is 275 g/mol. The smallest absolute Gasteiger partial charge is 0.258 e. The van der Waals surface area contributed by atoms with E-state index < -0.39 is 0 Å². The summed E-state index contributed by atoms with van der Waals surface area (Å²) in [5.74, 6) is 1.59. The molecule has 0 heterocycles. The van der Waals surface area contributed by atoms with Crippen LogP contribution in [-0.2, 0) is 4.79 Å². The molecule has 0 bridgehead atoms. The second kappa shape index (κ2) is 6.78. The fourth-order valence-electron chi connectivity index (χ4n) is 2.68. The molecule has 1 amide bonds. The Hall–Kier alpha value is -1.51. The minimum absolute atomic E-state index is 0.00883. The number of benzene rings is 1. The average molecular weight is 275 g/mol. The molecule has 20 heavy (non-hydrogen) atoms. The van der Waals surface area contributed by atoms with E-state index in [0.29, 0.717) is 6.04 Å². The fourth-order valence-corrected chi connectivity index (χ4v) is 2.68. The maximum atomic E-state index is 11.9. The second-order valence-electron chi connectivity index (χ2n) is 6.08. The molecule has 1 saturated carbocycles. The molecule has 1 aliphatic rings. The Kier molecular flexibility index (Phi) is 5.05. The van der Waals surface area contributed by atoms with Crippen molar-refractivity contribution in [3.05, 3.63) is 29.3 Å². The SMILES string of the molecule is Cc1ccc(C)c(OCC(=O)NC2CCC(C)CC2)c1. The normalized spacial score (nSPS) is 22.4. The van der Waals surface area contributed by atoms with E-state index in [2.05, 4.69) is 12.2 Å². The number of aryl methyl sites for hydroxylation is 2. The Morgan fingerprint density at radius 2 is 1.95 bits per heavy atom. The van der Waals surface area contributed by atoms with Crippen LogP contribution in [0.2, 0.25) is 0 Å². The molecule has 1 aromatic rings. The van der Waals surface area contributed by atoms with Crippen LogP contribution in [0.25, 0.3) is 0 Å². The highest BCUT2D eigenvalue weighted by Gasteiger charge is 2.19. The summed E-state index contributed by atoms with van der Waals surface area (Å²) < 4.78 is 5.63. The van der Waals surface area contributed by atoms with Crippen LogP contribution >= 0.6 is 0 Å². The third-order valence-corrected chi connectivity index (χ3v) is 4.08. The van der Waals surface area contributed by atoms with Crippen molar-refractivity contribution in [1.29, 1.82) is 0 Å². The van der Waals surface area contributed by atoms with Gasteiger partial charge in [0.05, 0.1) is 0 Å². The molecule has 0 atom stereocenters. The number of carbonyl (C=O) groups is 1. The molecule has 2 rings (SSSR count). The van der Waals surface area contributed by atoms with Crippen molar-refractivity contribution in [2.75, 3.05) is 6.61 Å². The predicted molar refractivity (Wildman–Crippen MR) is 81.0 cm³/mol. The average Bonchev–Trinajstić information content (AvgIpc) is 2.42. The van der Waals surface area contributed by atoms with E-state index in [0.717, 1.165) is 35.6 Å². The number of ether oxygens (including phenoxy) is 1. The van der Waals surface area contributed by atoms with E-state index in [-0.39, 0.29) is 12.5 Å². The Balaban J connectivity index is 1.79. The molecule has 0 aliphatic heterocycles. The van der Waals surface area contributed by atoms with E-state index in [1.165, 1.54) is 12.8 Å². The Morgan fingerprint density at radius 1 is 1.25 bits per heavy atom. The largest absolute Gasteiger partial charge is 0.483 e. The van der Waals surface area contributed by atoms with Gasteiger partial charge in [0.15, 0.2) is 6.61 Å². The lowest BCUT2D eigenvalue weighted by Crippen LogP contribution is -2.39. The molecule has 0 spiro atoms. The third kappa shape index (κ3) is 4.26. The molecule has 0 saturated heterocycles. The molecule has 110 valence electrons. The van der Waals surface area contributed by atoms with Gasteiger partial charge in [-0.1, -0.05) is 19.1 Å². The molecule has 1 aromatic carbocycles. The van der Waals surface area contributed by atoms with Gasteiger partial charge in [-0.05, 0) is 62.6 Å². The van der Waals surface area contributed by atoms with Crippen LogP contribution in [-0.4, -0.2) is 18.6 Å². The summed E-state index contributed by atoms with van der Waals surface area (Å²) in [7, 11) is 0. The minimum atomic E-state index is -0.00883. The van der Waals surface area contributed by atoms with Gasteiger partial charge in [0.1, 0.15) is 5.75 Å². The summed E-state index contributed by atoms with van der Waals surface area (Å²) in [6, 6.07) is 6.38. The quantitative estimate of drug-likeness (QED) is 0.915. The van der Waals surface area contributed by atoms with Crippen LogP contribution in [0.3, 0.4) is 0 Å². The van der Waals surface area contributed by atoms with E-state index in [9.17, 15) is 4.79 Å². The molecule has 1 aliphatic carbocycles. The number of hydrogen-bond acceptors (Lipinski definition) is 2. The summed E-state index contributed by atoms with van der Waals surface area (Å²) in [5, 5.41) is 3.08. The molecule has 1 fully saturated rings. The molecule has 0 radical (unpaired) electrons. The molecule has 3 heteroatoms. The van der Waals surface area contributed by atoms with E-state index in [1.54, 1.807) is 0 Å². The fraction of sp³-hybridized carbons (Fsp3) is 0.588. The zero-order valence-corrected chi connectivity index (χ0v) is 12.7. The van der Waals surface area contributed by atoms with Crippen LogP contribution in [0.4, 0.5) is 0 Å². The van der Waals surface area contributed by atoms with Crippen molar-refractivity contribution in [2.24, 2.45) is 5.92 Å². The maximum absolute atomic E-state index is 11.9. The Labute approximate surface area is 121 Å². The van der Waals surface area contributed by atoms with E-state index in [4.69, 9.17) is 4.74 Å². The highest BCUT2D eigenvalue weighted by molar-refractivity contribution is 5.77. The number of carbonyl (C=O) groups excluding carboxylic acids is 1. The first-order valence-electron chi connectivity index (χ1n) is 7.54. The Morgan fingerprint density at radius 3 is 2.65 bits per heavy atom. The summed E-state index contributed by atoms with van der Waals surface area (Å²) >= 11 is 0. The zero-order valence-electron chi connectivity index (χ0n) is 12.7. The molecule has 0 unspecified atom stereocenters. The first kappa shape index (κ1) is 14.9. The second-order valence-corrected chi connectivity index (χ2v) is 6.08. The highest BCUT2D eigenvalue weighted by atomic mass is 16.5. The van der Waals surface area contributed by atoms with E-state index in [1.807, 2.05) is 32.0 Å². The standard InChI is InChI=1S/C17H25NO2/c1-12-5-8-15(9-6-12)18-17(19)11-20-16-10-13(2)4-7-14(16)3/h4,7,10,12,15H,5-6,8-9,11H2,1-3H3,(H,18,19). The van der Waals surface area contributed by atoms with Crippen molar-refractivity contribution in [2.45, 2.75) is 52.5 Å². The van der Waals surface area contributed by atoms with Gasteiger partial charge in [0, 0.05) is 6.04 Å². The zero-order chi connectivity index (χ0) is 14.5. The summed E-state index contributed by atoms with van der Waals surface area (Å²) in [4.78, 5) is 11.9. The van der Waals surface area contributed by atoms with Gasteiger partial charge in [-0.15, -0.1) is 0 Å². The van der Waals surface area contributed by atoms with Crippen LogP contribution in [0.5, 0.6) is 5.75 Å². The molecule has 1 N–H and O–H groups in total. The van der Waals surface area contributed by atoms with Gasteiger partial charge in [-0.25, -0.2) is 0 Å². The molecular weight excluding hydrogens is 250 g/mol. The molecule has 0 aromatic heterocycles. The predicted octanol–water partition coefficient (Wildman–Crippen LogP) is 3.38. The first-order valence-corrected chi connectivity index (χ1v) is 7.54. The van der Waals surface area contributed by atoms with Crippen LogP contribution in [0, 0.1) is 19.8 Å². The van der Waals surface area contributed by atoms with Crippen molar-refractivity contribution in [3.63, 3.8) is 0 Å². The number of rotatable bonds is 4.